The SMILES string of the molecule is NNC(Cc1ccc(Br)cc1F)c1cnns1. The van der Waals surface area contributed by atoms with Crippen LogP contribution >= 0.6 is 27.5 Å². The van der Waals surface area contributed by atoms with Crippen LogP contribution in [0.4, 0.5) is 4.39 Å². The van der Waals surface area contributed by atoms with E-state index < -0.39 is 0 Å². The van der Waals surface area contributed by atoms with E-state index in [1.54, 1.807) is 18.3 Å². The zero-order valence-corrected chi connectivity index (χ0v) is 11.1. The highest BCUT2D eigenvalue weighted by atomic mass is 79.9. The summed E-state index contributed by atoms with van der Waals surface area (Å²) in [7, 11) is 0. The molecule has 0 aliphatic rings. The van der Waals surface area contributed by atoms with Gasteiger partial charge in [-0.05, 0) is 35.6 Å². The van der Waals surface area contributed by atoms with E-state index in [2.05, 4.69) is 30.9 Å². The Morgan fingerprint density at radius 3 is 2.94 bits per heavy atom. The number of rotatable bonds is 4. The Kier molecular flexibility index (Phi) is 4.16. The van der Waals surface area contributed by atoms with Crippen molar-refractivity contribution >= 4 is 27.5 Å². The van der Waals surface area contributed by atoms with Crippen molar-refractivity contribution in [2.24, 2.45) is 5.84 Å². The summed E-state index contributed by atoms with van der Waals surface area (Å²) in [6.07, 6.45) is 2.09. The van der Waals surface area contributed by atoms with E-state index in [-0.39, 0.29) is 11.9 Å². The van der Waals surface area contributed by atoms with Gasteiger partial charge in [-0.15, -0.1) is 5.10 Å². The maximum atomic E-state index is 13.7. The topological polar surface area (TPSA) is 63.8 Å². The van der Waals surface area contributed by atoms with Gasteiger partial charge in [0, 0.05) is 4.47 Å². The average molecular weight is 317 g/mol. The van der Waals surface area contributed by atoms with Crippen molar-refractivity contribution in [3.63, 3.8) is 0 Å². The van der Waals surface area contributed by atoms with Crippen LogP contribution in [0.1, 0.15) is 16.5 Å². The number of hydrogen-bond acceptors (Lipinski definition) is 5. The Hall–Kier alpha value is -0.890. The fraction of sp³-hybridized carbons (Fsp3) is 0.200. The van der Waals surface area contributed by atoms with Crippen LogP contribution in [0.3, 0.4) is 0 Å². The predicted molar refractivity (Wildman–Crippen MR) is 67.8 cm³/mol. The molecule has 0 saturated heterocycles. The van der Waals surface area contributed by atoms with Gasteiger partial charge in [-0.25, -0.2) is 4.39 Å². The van der Waals surface area contributed by atoms with Gasteiger partial charge in [0.15, 0.2) is 0 Å². The third-order valence-corrected chi connectivity index (χ3v) is 3.63. The van der Waals surface area contributed by atoms with Gasteiger partial charge < -0.3 is 0 Å². The number of hydrogen-bond donors (Lipinski definition) is 2. The number of halogens is 2. The zero-order chi connectivity index (χ0) is 12.3. The molecule has 1 heterocycles. The minimum absolute atomic E-state index is 0.175. The molecule has 7 heteroatoms. The summed E-state index contributed by atoms with van der Waals surface area (Å²) in [5.74, 6) is 5.21. The van der Waals surface area contributed by atoms with E-state index in [1.165, 1.54) is 17.6 Å². The molecule has 1 aromatic carbocycles. The van der Waals surface area contributed by atoms with Gasteiger partial charge in [-0.2, -0.15) is 0 Å². The molecule has 4 nitrogen and oxygen atoms in total. The molecule has 0 amide bonds. The molecule has 3 N–H and O–H groups in total. The average Bonchev–Trinajstić information content (AvgIpc) is 2.81. The van der Waals surface area contributed by atoms with E-state index in [9.17, 15) is 4.39 Å². The zero-order valence-electron chi connectivity index (χ0n) is 8.73. The molecule has 17 heavy (non-hydrogen) atoms. The third-order valence-electron chi connectivity index (χ3n) is 2.36. The number of benzene rings is 1. The van der Waals surface area contributed by atoms with Crippen LogP contribution in [0.25, 0.3) is 0 Å². The van der Waals surface area contributed by atoms with Crippen molar-refractivity contribution in [3.8, 4) is 0 Å². The second-order valence-corrected chi connectivity index (χ2v) is 5.21. The Labute approximate surface area is 110 Å². The predicted octanol–water partition coefficient (Wildman–Crippen LogP) is 2.19. The molecule has 0 fully saturated rings. The Balaban J connectivity index is 2.19. The van der Waals surface area contributed by atoms with Gasteiger partial charge >= 0.3 is 0 Å². The second kappa shape index (κ2) is 5.63. The lowest BCUT2D eigenvalue weighted by atomic mass is 10.1. The van der Waals surface area contributed by atoms with E-state index in [0.29, 0.717) is 12.0 Å². The summed E-state index contributed by atoms with van der Waals surface area (Å²) in [5, 5.41) is 3.74. The van der Waals surface area contributed by atoms with Crippen molar-refractivity contribution < 1.29 is 4.39 Å². The van der Waals surface area contributed by atoms with E-state index in [1.807, 2.05) is 0 Å². The summed E-state index contributed by atoms with van der Waals surface area (Å²) >= 11 is 4.47. The minimum Gasteiger partial charge on any atom is -0.271 e. The molecule has 1 atom stereocenters. The molecule has 2 aromatic rings. The van der Waals surface area contributed by atoms with Gasteiger partial charge in [-0.1, -0.05) is 26.5 Å². The quantitative estimate of drug-likeness (QED) is 0.670. The van der Waals surface area contributed by atoms with Crippen LogP contribution in [0.15, 0.2) is 28.9 Å². The molecule has 0 aliphatic carbocycles. The van der Waals surface area contributed by atoms with Gasteiger partial charge in [-0.3, -0.25) is 11.3 Å². The number of nitrogens with two attached hydrogens (primary N) is 1. The maximum Gasteiger partial charge on any atom is 0.127 e. The molecule has 90 valence electrons. The fourth-order valence-corrected chi connectivity index (χ4v) is 2.37. The van der Waals surface area contributed by atoms with Crippen molar-refractivity contribution in [2.75, 3.05) is 0 Å². The molecule has 1 unspecified atom stereocenters. The smallest absolute Gasteiger partial charge is 0.127 e. The van der Waals surface area contributed by atoms with Crippen LogP contribution in [0, 0.1) is 5.82 Å². The van der Waals surface area contributed by atoms with Crippen LogP contribution < -0.4 is 11.3 Å². The highest BCUT2D eigenvalue weighted by Crippen LogP contribution is 2.23. The highest BCUT2D eigenvalue weighted by Gasteiger charge is 2.15. The van der Waals surface area contributed by atoms with Crippen molar-refractivity contribution in [2.45, 2.75) is 12.5 Å². The van der Waals surface area contributed by atoms with Crippen LogP contribution in [0.5, 0.6) is 0 Å². The molecular formula is C10H10BrFN4S. The lowest BCUT2D eigenvalue weighted by Crippen LogP contribution is -2.29. The van der Waals surface area contributed by atoms with Gasteiger partial charge in [0.05, 0.1) is 17.1 Å². The molecule has 0 saturated carbocycles. The summed E-state index contributed by atoms with van der Waals surface area (Å²) < 4.78 is 18.1. The van der Waals surface area contributed by atoms with E-state index in [0.717, 1.165) is 9.35 Å². The van der Waals surface area contributed by atoms with Crippen molar-refractivity contribution in [3.05, 3.63) is 45.1 Å². The van der Waals surface area contributed by atoms with Gasteiger partial charge in [0.2, 0.25) is 0 Å². The molecule has 2 rings (SSSR count). The van der Waals surface area contributed by atoms with Crippen LogP contribution in [-0.4, -0.2) is 9.59 Å². The highest BCUT2D eigenvalue weighted by molar-refractivity contribution is 9.10. The number of nitrogens with zero attached hydrogens (tertiary/aromatic N) is 2. The molecular weight excluding hydrogens is 307 g/mol. The van der Waals surface area contributed by atoms with E-state index >= 15 is 0 Å². The second-order valence-electron chi connectivity index (χ2n) is 3.48. The van der Waals surface area contributed by atoms with Crippen LogP contribution in [0.2, 0.25) is 0 Å². The first-order chi connectivity index (χ1) is 8.20. The Morgan fingerprint density at radius 2 is 2.35 bits per heavy atom. The third kappa shape index (κ3) is 3.06. The first kappa shape index (κ1) is 12.6. The molecule has 0 radical (unpaired) electrons. The standard InChI is InChI=1S/C10H10BrFN4S/c11-7-2-1-6(8(12)4-7)3-9(15-13)10-5-14-16-17-10/h1-2,4-5,9,15H,3,13H2. The summed E-state index contributed by atoms with van der Waals surface area (Å²) in [6, 6.07) is 4.80. The molecule has 0 bridgehead atoms. The number of hydrazine groups is 1. The summed E-state index contributed by atoms with van der Waals surface area (Å²) in [5.41, 5.74) is 3.25. The Bertz CT molecular complexity index is 491. The number of nitrogens with one attached hydrogen (secondary N) is 1. The fourth-order valence-electron chi connectivity index (χ4n) is 1.48. The monoisotopic (exact) mass is 316 g/mol. The van der Waals surface area contributed by atoms with Crippen LogP contribution in [-0.2, 0) is 6.42 Å². The Morgan fingerprint density at radius 1 is 1.53 bits per heavy atom. The summed E-state index contributed by atoms with van der Waals surface area (Å²) in [4.78, 5) is 0.884. The lowest BCUT2D eigenvalue weighted by molar-refractivity contribution is 0.534. The van der Waals surface area contributed by atoms with Gasteiger partial charge in [0.25, 0.3) is 0 Å². The molecule has 1 aromatic heterocycles. The maximum absolute atomic E-state index is 13.7. The lowest BCUT2D eigenvalue weighted by Gasteiger charge is -2.13. The van der Waals surface area contributed by atoms with Gasteiger partial charge in [0.1, 0.15) is 5.82 Å². The van der Waals surface area contributed by atoms with E-state index in [4.69, 9.17) is 5.84 Å². The minimum atomic E-state index is -0.253. The molecule has 0 aliphatic heterocycles. The largest absolute Gasteiger partial charge is 0.271 e. The van der Waals surface area contributed by atoms with Crippen molar-refractivity contribution in [1.29, 1.82) is 0 Å². The first-order valence-corrected chi connectivity index (χ1v) is 6.44. The van der Waals surface area contributed by atoms with Crippen molar-refractivity contribution in [1.82, 2.24) is 15.0 Å². The first-order valence-electron chi connectivity index (χ1n) is 4.88. The number of aromatic nitrogens is 2. The molecule has 0 spiro atoms. The summed E-state index contributed by atoms with van der Waals surface area (Å²) in [6.45, 7) is 0. The normalized spacial score (nSPS) is 12.6.